The lowest BCUT2D eigenvalue weighted by atomic mass is 9.87. The second-order valence-corrected chi connectivity index (χ2v) is 7.38. The lowest BCUT2D eigenvalue weighted by Crippen LogP contribution is -2.10. The van der Waals surface area contributed by atoms with Gasteiger partial charge in [-0.05, 0) is 23.1 Å². The average Bonchev–Trinajstić information content (AvgIpc) is 3.00. The number of nitrogens with two attached hydrogens (primary N) is 2. The molecule has 9 heteroatoms. The zero-order chi connectivity index (χ0) is 18.0. The maximum Gasteiger partial charge on any atom is 0.277 e. The number of thioether (sulfide) groups is 1. The summed E-state index contributed by atoms with van der Waals surface area (Å²) in [6, 6.07) is 8.11. The number of anilines is 2. The lowest BCUT2D eigenvalue weighted by Gasteiger charge is -2.18. The van der Waals surface area contributed by atoms with Gasteiger partial charge in [0.05, 0.1) is 5.75 Å². The summed E-state index contributed by atoms with van der Waals surface area (Å²) in [5.74, 6) is 1.52. The Morgan fingerprint density at radius 2 is 1.60 bits per heavy atom. The van der Waals surface area contributed by atoms with Crippen LogP contribution in [0.3, 0.4) is 0 Å². The van der Waals surface area contributed by atoms with E-state index in [1.807, 2.05) is 12.1 Å². The molecule has 0 amide bonds. The third-order valence-electron chi connectivity index (χ3n) is 3.45. The van der Waals surface area contributed by atoms with Gasteiger partial charge in [-0.2, -0.15) is 15.0 Å². The van der Waals surface area contributed by atoms with E-state index in [9.17, 15) is 0 Å². The average molecular weight is 357 g/mol. The van der Waals surface area contributed by atoms with Crippen molar-refractivity contribution in [2.75, 3.05) is 11.5 Å². The summed E-state index contributed by atoms with van der Waals surface area (Å²) in [7, 11) is 0. The van der Waals surface area contributed by atoms with Crippen LogP contribution in [0.1, 0.15) is 32.2 Å². The van der Waals surface area contributed by atoms with Gasteiger partial charge in [0, 0.05) is 5.56 Å². The second-order valence-electron chi connectivity index (χ2n) is 6.46. The zero-order valence-corrected chi connectivity index (χ0v) is 15.0. The van der Waals surface area contributed by atoms with E-state index in [2.05, 4.69) is 58.1 Å². The molecule has 2 aromatic heterocycles. The number of benzene rings is 1. The number of hydrogen-bond acceptors (Lipinski definition) is 9. The highest BCUT2D eigenvalue weighted by Crippen LogP contribution is 2.28. The number of hydrogen-bond donors (Lipinski definition) is 2. The summed E-state index contributed by atoms with van der Waals surface area (Å²) >= 11 is 1.31. The maximum atomic E-state index is 5.68. The molecule has 0 atom stereocenters. The second kappa shape index (κ2) is 6.67. The first-order valence-corrected chi connectivity index (χ1v) is 8.63. The molecule has 0 aliphatic heterocycles. The highest BCUT2D eigenvalue weighted by atomic mass is 32.2. The molecule has 3 aromatic rings. The molecule has 0 aliphatic rings. The Labute approximate surface area is 149 Å². The summed E-state index contributed by atoms with van der Waals surface area (Å²) in [6.07, 6.45) is 0. The normalized spacial score (nSPS) is 11.6. The SMILES string of the molecule is CC(C)(C)c1ccc(-c2nnc(SCc3nc(N)nc(N)n3)o2)cc1. The number of aromatic nitrogens is 5. The monoisotopic (exact) mass is 357 g/mol. The van der Waals surface area contributed by atoms with Gasteiger partial charge in [0.15, 0.2) is 0 Å². The molecule has 0 bridgehead atoms. The summed E-state index contributed by atoms with van der Waals surface area (Å²) < 4.78 is 5.68. The zero-order valence-electron chi connectivity index (χ0n) is 14.2. The summed E-state index contributed by atoms with van der Waals surface area (Å²) in [6.45, 7) is 6.51. The van der Waals surface area contributed by atoms with Gasteiger partial charge in [0.2, 0.25) is 17.8 Å². The fourth-order valence-electron chi connectivity index (χ4n) is 2.15. The summed E-state index contributed by atoms with van der Waals surface area (Å²) in [5, 5.41) is 8.55. The first-order chi connectivity index (χ1) is 11.8. The molecule has 0 unspecified atom stereocenters. The number of nitrogen functional groups attached to an aromatic ring is 2. The van der Waals surface area contributed by atoms with Crippen molar-refractivity contribution in [3.05, 3.63) is 35.7 Å². The van der Waals surface area contributed by atoms with E-state index in [4.69, 9.17) is 15.9 Å². The van der Waals surface area contributed by atoms with Crippen LogP contribution in [0.4, 0.5) is 11.9 Å². The van der Waals surface area contributed by atoms with Gasteiger partial charge in [-0.3, -0.25) is 0 Å². The molecule has 0 saturated heterocycles. The Kier molecular flexibility index (Phi) is 4.58. The van der Waals surface area contributed by atoms with E-state index >= 15 is 0 Å². The van der Waals surface area contributed by atoms with Crippen LogP contribution in [0.25, 0.3) is 11.5 Å². The lowest BCUT2D eigenvalue weighted by molar-refractivity contribution is 0.465. The predicted octanol–water partition coefficient (Wildman–Crippen LogP) is 2.68. The first kappa shape index (κ1) is 17.2. The first-order valence-electron chi connectivity index (χ1n) is 7.64. The minimum atomic E-state index is 0.0910. The molecular formula is C16H19N7OS. The Morgan fingerprint density at radius 1 is 0.960 bits per heavy atom. The smallest absolute Gasteiger partial charge is 0.277 e. The highest BCUT2D eigenvalue weighted by molar-refractivity contribution is 7.98. The Hall–Kier alpha value is -2.68. The molecule has 4 N–H and O–H groups in total. The quantitative estimate of drug-likeness (QED) is 0.677. The Bertz CT molecular complexity index is 851. The molecular weight excluding hydrogens is 338 g/mol. The van der Waals surface area contributed by atoms with E-state index in [1.54, 1.807) is 0 Å². The molecule has 25 heavy (non-hydrogen) atoms. The van der Waals surface area contributed by atoms with Gasteiger partial charge in [-0.1, -0.05) is 44.7 Å². The predicted molar refractivity (Wildman–Crippen MR) is 96.6 cm³/mol. The molecule has 130 valence electrons. The Balaban J connectivity index is 1.70. The standard InChI is InChI=1S/C16H19N7OS/c1-16(2,3)10-6-4-9(5-7-10)12-22-23-15(24-12)25-8-11-19-13(17)21-14(18)20-11/h4-7H,8H2,1-3H3,(H4,17,18,19,20,21). The molecule has 0 radical (unpaired) electrons. The van der Waals surface area contributed by atoms with Gasteiger partial charge in [-0.15, -0.1) is 10.2 Å². The molecule has 0 aliphatic carbocycles. The van der Waals surface area contributed by atoms with Crippen LogP contribution in [0.5, 0.6) is 0 Å². The number of rotatable bonds is 4. The van der Waals surface area contributed by atoms with Crippen LogP contribution in [-0.2, 0) is 11.2 Å². The van der Waals surface area contributed by atoms with Gasteiger partial charge in [0.1, 0.15) is 5.82 Å². The minimum absolute atomic E-state index is 0.0910. The molecule has 0 fully saturated rings. The van der Waals surface area contributed by atoms with E-state index in [0.29, 0.717) is 22.7 Å². The van der Waals surface area contributed by atoms with Crippen molar-refractivity contribution in [2.45, 2.75) is 37.2 Å². The minimum Gasteiger partial charge on any atom is -0.411 e. The topological polar surface area (TPSA) is 130 Å². The van der Waals surface area contributed by atoms with E-state index < -0.39 is 0 Å². The van der Waals surface area contributed by atoms with E-state index in [0.717, 1.165) is 5.56 Å². The van der Waals surface area contributed by atoms with Crippen LogP contribution in [0.15, 0.2) is 33.9 Å². The molecule has 8 nitrogen and oxygen atoms in total. The largest absolute Gasteiger partial charge is 0.411 e. The van der Waals surface area contributed by atoms with Crippen molar-refractivity contribution in [1.29, 1.82) is 0 Å². The van der Waals surface area contributed by atoms with Crippen molar-refractivity contribution in [2.24, 2.45) is 0 Å². The van der Waals surface area contributed by atoms with Crippen LogP contribution in [0.2, 0.25) is 0 Å². The van der Waals surface area contributed by atoms with Crippen molar-refractivity contribution >= 4 is 23.7 Å². The third-order valence-corrected chi connectivity index (χ3v) is 4.26. The van der Waals surface area contributed by atoms with Crippen molar-refractivity contribution in [3.63, 3.8) is 0 Å². The van der Waals surface area contributed by atoms with Gasteiger partial charge in [0.25, 0.3) is 5.22 Å². The van der Waals surface area contributed by atoms with Crippen LogP contribution >= 0.6 is 11.8 Å². The molecule has 3 rings (SSSR count). The van der Waals surface area contributed by atoms with E-state index in [-0.39, 0.29) is 17.3 Å². The Morgan fingerprint density at radius 3 is 2.20 bits per heavy atom. The third kappa shape index (κ3) is 4.24. The summed E-state index contributed by atoms with van der Waals surface area (Å²) in [4.78, 5) is 11.8. The maximum absolute atomic E-state index is 5.68. The highest BCUT2D eigenvalue weighted by Gasteiger charge is 2.15. The molecule has 0 spiro atoms. The van der Waals surface area contributed by atoms with Crippen LogP contribution in [-0.4, -0.2) is 25.1 Å². The van der Waals surface area contributed by atoms with Crippen molar-refractivity contribution in [1.82, 2.24) is 25.1 Å². The van der Waals surface area contributed by atoms with Gasteiger partial charge < -0.3 is 15.9 Å². The van der Waals surface area contributed by atoms with Crippen LogP contribution < -0.4 is 11.5 Å². The fourth-order valence-corrected chi connectivity index (χ4v) is 2.76. The summed E-state index contributed by atoms with van der Waals surface area (Å²) in [5.41, 5.74) is 13.3. The number of nitrogens with zero attached hydrogens (tertiary/aromatic N) is 5. The van der Waals surface area contributed by atoms with Crippen molar-refractivity contribution in [3.8, 4) is 11.5 Å². The molecule has 2 heterocycles. The fraction of sp³-hybridized carbons (Fsp3) is 0.312. The van der Waals surface area contributed by atoms with E-state index in [1.165, 1.54) is 17.3 Å². The van der Waals surface area contributed by atoms with Gasteiger partial charge >= 0.3 is 0 Å². The molecule has 1 aromatic carbocycles. The molecule has 0 saturated carbocycles. The van der Waals surface area contributed by atoms with Crippen LogP contribution in [0, 0.1) is 0 Å². The van der Waals surface area contributed by atoms with Gasteiger partial charge in [-0.25, -0.2) is 0 Å². The van der Waals surface area contributed by atoms with Crippen molar-refractivity contribution < 1.29 is 4.42 Å².